The number of hydrogen-bond donors (Lipinski definition) is 4. The molecule has 0 fully saturated rings. The SMILES string of the molecule is CC(=O)C(=O)OCC(O)CO.CO.O=COC(=O)CC(=O)O. The van der Waals surface area contributed by atoms with Crippen molar-refractivity contribution in [3.05, 3.63) is 0 Å². The van der Waals surface area contributed by atoms with Gasteiger partial charge in [-0.05, 0) is 0 Å². The van der Waals surface area contributed by atoms with Crippen LogP contribution >= 0.6 is 0 Å². The fraction of sp³-hybridized carbons (Fsp3) is 0.545. The highest BCUT2D eigenvalue weighted by molar-refractivity contribution is 6.32. The Morgan fingerprint density at radius 3 is 2.00 bits per heavy atom. The molecular formula is C11H18O11. The Bertz CT molecular complexity index is 363. The minimum Gasteiger partial charge on any atom is -0.481 e. The van der Waals surface area contributed by atoms with Crippen molar-refractivity contribution in [2.75, 3.05) is 20.3 Å². The van der Waals surface area contributed by atoms with E-state index in [0.717, 1.165) is 14.0 Å². The second-order valence-corrected chi connectivity index (χ2v) is 3.15. The third-order valence-corrected chi connectivity index (χ3v) is 1.38. The molecule has 0 radical (unpaired) electrons. The Morgan fingerprint density at radius 2 is 1.68 bits per heavy atom. The van der Waals surface area contributed by atoms with Crippen LogP contribution in [0.25, 0.3) is 0 Å². The van der Waals surface area contributed by atoms with Gasteiger partial charge in [0.1, 0.15) is 19.1 Å². The number of aliphatic carboxylic acids is 1. The van der Waals surface area contributed by atoms with Gasteiger partial charge in [0.15, 0.2) is 0 Å². The van der Waals surface area contributed by atoms with Crippen LogP contribution in [0, 0.1) is 0 Å². The first kappa shape index (κ1) is 24.6. The Morgan fingerprint density at radius 1 is 1.18 bits per heavy atom. The number of aliphatic hydroxyl groups excluding tert-OH is 3. The van der Waals surface area contributed by atoms with Gasteiger partial charge in [0, 0.05) is 14.0 Å². The van der Waals surface area contributed by atoms with Gasteiger partial charge in [-0.2, -0.15) is 0 Å². The van der Waals surface area contributed by atoms with Gasteiger partial charge in [0.05, 0.1) is 6.61 Å². The molecule has 0 aliphatic rings. The van der Waals surface area contributed by atoms with Gasteiger partial charge >= 0.3 is 24.4 Å². The zero-order valence-corrected chi connectivity index (χ0v) is 11.9. The summed E-state index contributed by atoms with van der Waals surface area (Å²) >= 11 is 0. The van der Waals surface area contributed by atoms with Crippen molar-refractivity contribution in [3.63, 3.8) is 0 Å². The standard InChI is InChI=1S/C6H10O5.C4H4O5.CH4O/c1-4(8)6(10)11-3-5(9)2-7;5-2-9-4(8)1-3(6)7;1-2/h5,7,9H,2-3H2,1H3;2H,1H2,(H,6,7);2H,1H3. The van der Waals surface area contributed by atoms with Crippen LogP contribution in [-0.4, -0.2) is 77.0 Å². The highest BCUT2D eigenvalue weighted by atomic mass is 16.6. The number of hydrogen-bond acceptors (Lipinski definition) is 10. The average molecular weight is 326 g/mol. The van der Waals surface area contributed by atoms with Gasteiger partial charge < -0.3 is 29.9 Å². The summed E-state index contributed by atoms with van der Waals surface area (Å²) in [7, 11) is 1.00. The summed E-state index contributed by atoms with van der Waals surface area (Å²) in [5.74, 6) is -4.10. The van der Waals surface area contributed by atoms with E-state index >= 15 is 0 Å². The molecule has 0 aromatic carbocycles. The highest BCUT2D eigenvalue weighted by Gasteiger charge is 2.11. The van der Waals surface area contributed by atoms with E-state index in [1.165, 1.54) is 0 Å². The third kappa shape index (κ3) is 20.0. The first-order chi connectivity index (χ1) is 10.2. The van der Waals surface area contributed by atoms with Gasteiger partial charge in [0.25, 0.3) is 0 Å². The normalized spacial score (nSPS) is 9.68. The van der Waals surface area contributed by atoms with Crippen molar-refractivity contribution in [3.8, 4) is 0 Å². The summed E-state index contributed by atoms with van der Waals surface area (Å²) in [5, 5.41) is 31.8. The quantitative estimate of drug-likeness (QED) is 0.164. The number of Topliss-reactive ketones (excluding diaryl/α,β-unsaturated/α-hetero) is 1. The molecule has 0 aliphatic carbocycles. The predicted molar refractivity (Wildman–Crippen MR) is 67.3 cm³/mol. The van der Waals surface area contributed by atoms with Crippen LogP contribution in [0.5, 0.6) is 0 Å². The van der Waals surface area contributed by atoms with Crippen LogP contribution in [-0.2, 0) is 33.4 Å². The van der Waals surface area contributed by atoms with E-state index in [1.807, 2.05) is 0 Å². The second kappa shape index (κ2) is 16.7. The van der Waals surface area contributed by atoms with Gasteiger partial charge in [0.2, 0.25) is 5.78 Å². The maximum Gasteiger partial charge on any atom is 0.374 e. The Balaban J connectivity index is -0.000000299. The molecule has 1 atom stereocenters. The molecule has 0 aromatic rings. The number of ketones is 1. The topological polar surface area (TPSA) is 185 Å². The van der Waals surface area contributed by atoms with E-state index in [4.69, 9.17) is 20.4 Å². The van der Waals surface area contributed by atoms with Crippen molar-refractivity contribution in [1.29, 1.82) is 0 Å². The number of carbonyl (C=O) groups excluding carboxylic acids is 4. The molecular weight excluding hydrogens is 308 g/mol. The molecule has 1 unspecified atom stereocenters. The first-order valence-electron chi connectivity index (χ1n) is 5.50. The van der Waals surface area contributed by atoms with Gasteiger partial charge in [-0.15, -0.1) is 0 Å². The maximum absolute atomic E-state index is 10.4. The molecule has 0 amide bonds. The monoisotopic (exact) mass is 326 g/mol. The molecule has 0 saturated carbocycles. The largest absolute Gasteiger partial charge is 0.481 e. The van der Waals surface area contributed by atoms with Crippen molar-refractivity contribution in [2.45, 2.75) is 19.4 Å². The number of carbonyl (C=O) groups is 5. The molecule has 4 N–H and O–H groups in total. The second-order valence-electron chi connectivity index (χ2n) is 3.15. The van der Waals surface area contributed by atoms with E-state index in [9.17, 15) is 24.0 Å². The number of rotatable bonds is 7. The molecule has 11 heteroatoms. The zero-order chi connectivity index (χ0) is 18.1. The molecule has 0 aliphatic heterocycles. The number of aliphatic hydroxyl groups is 3. The zero-order valence-electron chi connectivity index (χ0n) is 11.9. The van der Waals surface area contributed by atoms with E-state index in [-0.39, 0.29) is 13.1 Å². The first-order valence-corrected chi connectivity index (χ1v) is 5.50. The fourth-order valence-corrected chi connectivity index (χ4v) is 0.545. The Kier molecular flexibility index (Phi) is 18.7. The molecule has 0 rings (SSSR count). The summed E-state index contributed by atoms with van der Waals surface area (Å²) in [6, 6.07) is 0. The molecule has 0 saturated heterocycles. The molecule has 0 spiro atoms. The lowest BCUT2D eigenvalue weighted by atomic mass is 10.4. The lowest BCUT2D eigenvalue weighted by Crippen LogP contribution is -2.24. The molecule has 11 nitrogen and oxygen atoms in total. The summed E-state index contributed by atoms with van der Waals surface area (Å²) in [4.78, 5) is 49.7. The van der Waals surface area contributed by atoms with Crippen LogP contribution in [0.4, 0.5) is 0 Å². The summed E-state index contributed by atoms with van der Waals surface area (Å²) < 4.78 is 7.91. The van der Waals surface area contributed by atoms with Crippen LogP contribution < -0.4 is 0 Å². The maximum atomic E-state index is 10.4. The molecule has 22 heavy (non-hydrogen) atoms. The molecule has 0 bridgehead atoms. The van der Waals surface area contributed by atoms with E-state index in [2.05, 4.69) is 9.47 Å². The number of carboxylic acid groups (broad SMARTS) is 1. The lowest BCUT2D eigenvalue weighted by molar-refractivity contribution is -0.155. The van der Waals surface area contributed by atoms with E-state index in [1.54, 1.807) is 0 Å². The smallest absolute Gasteiger partial charge is 0.374 e. The minimum atomic E-state index is -1.32. The van der Waals surface area contributed by atoms with Crippen LogP contribution in [0.15, 0.2) is 0 Å². The molecule has 0 aromatic heterocycles. The highest BCUT2D eigenvalue weighted by Crippen LogP contribution is 1.85. The predicted octanol–water partition coefficient (Wildman–Crippen LogP) is -2.76. The number of esters is 2. The van der Waals surface area contributed by atoms with Gasteiger partial charge in [-0.3, -0.25) is 19.2 Å². The number of carboxylic acids is 1. The van der Waals surface area contributed by atoms with Gasteiger partial charge in [-0.1, -0.05) is 0 Å². The van der Waals surface area contributed by atoms with Gasteiger partial charge in [-0.25, -0.2) is 4.79 Å². The van der Waals surface area contributed by atoms with E-state index < -0.39 is 42.8 Å². The van der Waals surface area contributed by atoms with Crippen LogP contribution in [0.1, 0.15) is 13.3 Å². The van der Waals surface area contributed by atoms with Crippen molar-refractivity contribution in [1.82, 2.24) is 0 Å². The fourth-order valence-electron chi connectivity index (χ4n) is 0.545. The van der Waals surface area contributed by atoms with Crippen LogP contribution in [0.3, 0.4) is 0 Å². The Hall–Kier alpha value is -2.37. The van der Waals surface area contributed by atoms with E-state index in [0.29, 0.717) is 0 Å². The minimum absolute atomic E-state index is 0.106. The number of ether oxygens (including phenoxy) is 2. The van der Waals surface area contributed by atoms with Crippen molar-refractivity contribution < 1.29 is 53.9 Å². The van der Waals surface area contributed by atoms with Crippen LogP contribution in [0.2, 0.25) is 0 Å². The Labute approximate surface area is 125 Å². The third-order valence-electron chi connectivity index (χ3n) is 1.38. The average Bonchev–Trinajstić information content (AvgIpc) is 2.46. The van der Waals surface area contributed by atoms with Crippen molar-refractivity contribution in [2.24, 2.45) is 0 Å². The summed E-state index contributed by atoms with van der Waals surface area (Å²) in [5.41, 5.74) is 0. The van der Waals surface area contributed by atoms with Crippen molar-refractivity contribution >= 4 is 30.2 Å². The molecule has 0 heterocycles. The molecule has 128 valence electrons. The summed E-state index contributed by atoms with van der Waals surface area (Å²) in [6.45, 7) is 0.110. The summed E-state index contributed by atoms with van der Waals surface area (Å²) in [6.07, 6.45) is -1.89. The lowest BCUT2D eigenvalue weighted by Gasteiger charge is -2.05.